The minimum absolute atomic E-state index is 0.000256. The van der Waals surface area contributed by atoms with Crippen molar-refractivity contribution in [3.05, 3.63) is 106 Å². The molecule has 0 amide bonds. The van der Waals surface area contributed by atoms with Gasteiger partial charge in [-0.1, -0.05) is 42.5 Å². The first-order chi connectivity index (χ1) is 16.3. The average Bonchev–Trinajstić information content (AvgIpc) is 3.04. The van der Waals surface area contributed by atoms with Crippen molar-refractivity contribution in [3.8, 4) is 0 Å². The number of ketones is 1. The van der Waals surface area contributed by atoms with E-state index in [1.807, 2.05) is 24.3 Å². The maximum Gasteiger partial charge on any atom is 0.167 e. The summed E-state index contributed by atoms with van der Waals surface area (Å²) in [5, 5.41) is 1.32. The van der Waals surface area contributed by atoms with Gasteiger partial charge in [0.05, 0.1) is 0 Å². The standard InChI is InChI=1S/C30H33FN2O/c1-21-22(2)33(16-6-15-32(3)4)29-14-11-25(19-28(21)29)17-23-9-12-26(13-10-23)30(34)20-24-7-5-8-27(31)18-24/h5,7-14,18-19H,6,15-17,20H2,1-4H3. The number of Topliss-reactive ketones (excluding diaryl/α,β-unsaturated/α-hetero) is 1. The quantitative estimate of drug-likeness (QED) is 0.274. The summed E-state index contributed by atoms with van der Waals surface area (Å²) in [6.45, 7) is 6.53. The van der Waals surface area contributed by atoms with E-state index in [9.17, 15) is 9.18 Å². The van der Waals surface area contributed by atoms with Crippen LogP contribution in [0, 0.1) is 19.7 Å². The molecule has 0 aliphatic rings. The van der Waals surface area contributed by atoms with E-state index < -0.39 is 0 Å². The normalized spacial score (nSPS) is 11.5. The van der Waals surface area contributed by atoms with Gasteiger partial charge in [-0.3, -0.25) is 4.79 Å². The van der Waals surface area contributed by atoms with Gasteiger partial charge < -0.3 is 9.47 Å². The number of benzene rings is 3. The maximum absolute atomic E-state index is 13.4. The van der Waals surface area contributed by atoms with Crippen molar-refractivity contribution in [2.45, 2.75) is 39.7 Å². The zero-order chi connectivity index (χ0) is 24.2. The van der Waals surface area contributed by atoms with Crippen LogP contribution in [-0.2, 0) is 19.4 Å². The van der Waals surface area contributed by atoms with Crippen molar-refractivity contribution < 1.29 is 9.18 Å². The highest BCUT2D eigenvalue weighted by Gasteiger charge is 2.12. The Kier molecular flexibility index (Phi) is 7.28. The molecule has 34 heavy (non-hydrogen) atoms. The van der Waals surface area contributed by atoms with Gasteiger partial charge in [0.15, 0.2) is 5.78 Å². The van der Waals surface area contributed by atoms with Crippen LogP contribution >= 0.6 is 0 Å². The third-order valence-electron chi connectivity index (χ3n) is 6.63. The number of carbonyl (C=O) groups excluding carboxylic acids is 1. The van der Waals surface area contributed by atoms with Crippen LogP contribution < -0.4 is 0 Å². The number of halogens is 1. The Balaban J connectivity index is 1.47. The molecule has 0 aliphatic heterocycles. The van der Waals surface area contributed by atoms with Gasteiger partial charge in [-0.25, -0.2) is 4.39 Å². The molecule has 0 spiro atoms. The first-order valence-electron chi connectivity index (χ1n) is 11.9. The third kappa shape index (κ3) is 5.45. The highest BCUT2D eigenvalue weighted by molar-refractivity contribution is 5.97. The summed E-state index contributed by atoms with van der Waals surface area (Å²) < 4.78 is 15.8. The molecule has 0 radical (unpaired) electrons. The lowest BCUT2D eigenvalue weighted by Gasteiger charge is -2.12. The van der Waals surface area contributed by atoms with Crippen molar-refractivity contribution in [1.82, 2.24) is 9.47 Å². The van der Waals surface area contributed by atoms with E-state index in [-0.39, 0.29) is 18.0 Å². The van der Waals surface area contributed by atoms with Gasteiger partial charge in [0.25, 0.3) is 0 Å². The summed E-state index contributed by atoms with van der Waals surface area (Å²) in [6, 6.07) is 20.8. The lowest BCUT2D eigenvalue weighted by Crippen LogP contribution is -2.15. The Labute approximate surface area is 201 Å². The molecule has 0 atom stereocenters. The second kappa shape index (κ2) is 10.4. The lowest BCUT2D eigenvalue weighted by atomic mass is 9.98. The summed E-state index contributed by atoms with van der Waals surface area (Å²) in [6.07, 6.45) is 2.15. The lowest BCUT2D eigenvalue weighted by molar-refractivity contribution is 0.0993. The van der Waals surface area contributed by atoms with Gasteiger partial charge in [-0.05, 0) is 93.8 Å². The first kappa shape index (κ1) is 23.9. The predicted molar refractivity (Wildman–Crippen MR) is 138 cm³/mol. The Morgan fingerprint density at radius 1 is 0.912 bits per heavy atom. The van der Waals surface area contributed by atoms with Crippen molar-refractivity contribution in [2.24, 2.45) is 0 Å². The highest BCUT2D eigenvalue weighted by Crippen LogP contribution is 2.27. The van der Waals surface area contributed by atoms with Crippen LogP contribution in [0.4, 0.5) is 4.39 Å². The number of aryl methyl sites for hydroxylation is 2. The van der Waals surface area contributed by atoms with Crippen molar-refractivity contribution in [1.29, 1.82) is 0 Å². The van der Waals surface area contributed by atoms with E-state index in [0.29, 0.717) is 11.1 Å². The molecule has 1 aromatic heterocycles. The molecule has 4 aromatic rings. The maximum atomic E-state index is 13.4. The van der Waals surface area contributed by atoms with Crippen molar-refractivity contribution in [3.63, 3.8) is 0 Å². The largest absolute Gasteiger partial charge is 0.345 e. The monoisotopic (exact) mass is 456 g/mol. The van der Waals surface area contributed by atoms with Crippen LogP contribution in [0.25, 0.3) is 10.9 Å². The molecular formula is C30H33FN2O. The van der Waals surface area contributed by atoms with Gasteiger partial charge in [0.2, 0.25) is 0 Å². The number of hydrogen-bond donors (Lipinski definition) is 0. The molecule has 0 bridgehead atoms. The van der Waals surface area contributed by atoms with E-state index in [0.717, 1.165) is 25.9 Å². The molecule has 3 aromatic carbocycles. The molecule has 176 valence electrons. The summed E-state index contributed by atoms with van der Waals surface area (Å²) >= 11 is 0. The van der Waals surface area contributed by atoms with Gasteiger partial charge >= 0.3 is 0 Å². The number of hydrogen-bond acceptors (Lipinski definition) is 2. The Morgan fingerprint density at radius 3 is 2.35 bits per heavy atom. The number of aromatic nitrogens is 1. The van der Waals surface area contributed by atoms with Crippen LogP contribution in [0.3, 0.4) is 0 Å². The van der Waals surface area contributed by atoms with Crippen LogP contribution in [-0.4, -0.2) is 35.9 Å². The van der Waals surface area contributed by atoms with Crippen LogP contribution in [0.1, 0.15) is 44.7 Å². The number of rotatable bonds is 9. The zero-order valence-electron chi connectivity index (χ0n) is 20.6. The Morgan fingerprint density at radius 2 is 1.65 bits per heavy atom. The minimum Gasteiger partial charge on any atom is -0.345 e. The number of carbonyl (C=O) groups is 1. The molecule has 0 unspecified atom stereocenters. The van der Waals surface area contributed by atoms with Gasteiger partial charge in [-0.15, -0.1) is 0 Å². The molecule has 0 fully saturated rings. The van der Waals surface area contributed by atoms with E-state index in [4.69, 9.17) is 0 Å². The van der Waals surface area contributed by atoms with Gasteiger partial charge in [0.1, 0.15) is 5.82 Å². The van der Waals surface area contributed by atoms with E-state index >= 15 is 0 Å². The average molecular weight is 457 g/mol. The Bertz CT molecular complexity index is 1300. The van der Waals surface area contributed by atoms with Gasteiger partial charge in [-0.2, -0.15) is 0 Å². The van der Waals surface area contributed by atoms with Crippen molar-refractivity contribution >= 4 is 16.7 Å². The molecule has 4 heteroatoms. The SMILES string of the molecule is Cc1c(C)n(CCCN(C)C)c2ccc(Cc3ccc(C(=O)Cc4cccc(F)c4)cc3)cc12. The topological polar surface area (TPSA) is 25.2 Å². The number of nitrogens with zero attached hydrogens (tertiary/aromatic N) is 2. The number of fused-ring (bicyclic) bond motifs is 1. The van der Waals surface area contributed by atoms with E-state index in [1.54, 1.807) is 12.1 Å². The summed E-state index contributed by atoms with van der Waals surface area (Å²) in [5.41, 5.74) is 7.77. The second-order valence-electron chi connectivity index (χ2n) is 9.47. The van der Waals surface area contributed by atoms with Crippen LogP contribution in [0.5, 0.6) is 0 Å². The fraction of sp³-hybridized carbons (Fsp3) is 0.300. The van der Waals surface area contributed by atoms with Crippen molar-refractivity contribution in [2.75, 3.05) is 20.6 Å². The molecule has 3 nitrogen and oxygen atoms in total. The molecule has 0 aliphatic carbocycles. The van der Waals surface area contributed by atoms with E-state index in [1.165, 1.54) is 45.4 Å². The third-order valence-corrected chi connectivity index (χ3v) is 6.63. The molecule has 0 saturated heterocycles. The molecule has 0 N–H and O–H groups in total. The summed E-state index contributed by atoms with van der Waals surface area (Å²) in [5.74, 6) is -0.313. The second-order valence-corrected chi connectivity index (χ2v) is 9.47. The first-order valence-corrected chi connectivity index (χ1v) is 11.9. The molecule has 4 rings (SSSR count). The smallest absolute Gasteiger partial charge is 0.167 e. The minimum atomic E-state index is -0.313. The predicted octanol–water partition coefficient (Wildman–Crippen LogP) is 6.37. The summed E-state index contributed by atoms with van der Waals surface area (Å²) in [4.78, 5) is 14.8. The fourth-order valence-corrected chi connectivity index (χ4v) is 4.62. The van der Waals surface area contributed by atoms with Crippen LogP contribution in [0.2, 0.25) is 0 Å². The molecule has 1 heterocycles. The van der Waals surface area contributed by atoms with Gasteiger partial charge in [0, 0.05) is 35.1 Å². The zero-order valence-corrected chi connectivity index (χ0v) is 20.6. The summed E-state index contributed by atoms with van der Waals surface area (Å²) in [7, 11) is 4.23. The molecular weight excluding hydrogens is 423 g/mol. The van der Waals surface area contributed by atoms with E-state index in [2.05, 4.69) is 55.6 Å². The fourth-order valence-electron chi connectivity index (χ4n) is 4.62. The Hall–Kier alpha value is -3.24. The highest BCUT2D eigenvalue weighted by atomic mass is 19.1. The molecule has 0 saturated carbocycles. The van der Waals surface area contributed by atoms with Crippen LogP contribution in [0.15, 0.2) is 66.7 Å².